The van der Waals surface area contributed by atoms with Crippen LogP contribution in [-0.2, 0) is 16.9 Å². The van der Waals surface area contributed by atoms with Crippen LogP contribution >= 0.6 is 0 Å². The second-order valence-electron chi connectivity index (χ2n) is 6.27. The third kappa shape index (κ3) is 2.42. The maximum Gasteiger partial charge on any atom is 0.420 e. The van der Waals surface area contributed by atoms with Crippen molar-refractivity contribution in [2.45, 2.75) is 31.3 Å². The number of carbonyl (C=O) groups excluding carboxylic acids is 1. The van der Waals surface area contributed by atoms with E-state index in [4.69, 9.17) is 4.42 Å². The molecule has 0 unspecified atom stereocenters. The fourth-order valence-corrected chi connectivity index (χ4v) is 3.39. The Labute approximate surface area is 138 Å². The van der Waals surface area contributed by atoms with Crippen molar-refractivity contribution >= 4 is 17.0 Å². The molecule has 1 amide bonds. The molecule has 0 radical (unpaired) electrons. The van der Waals surface area contributed by atoms with Gasteiger partial charge in [0.25, 0.3) is 0 Å². The molecule has 24 heavy (non-hydrogen) atoms. The number of hydrogen-bond acceptors (Lipinski definition) is 3. The third-order valence-corrected chi connectivity index (χ3v) is 4.79. The quantitative estimate of drug-likeness (QED) is 0.803. The lowest BCUT2D eigenvalue weighted by atomic mass is 9.72. The SMILES string of the molecule is O=C(Cn1c(=O)oc2ccccc21)NC1(c2ccccc2)CCC1. The molecule has 5 heteroatoms. The van der Waals surface area contributed by atoms with Crippen molar-refractivity contribution in [2.75, 3.05) is 0 Å². The molecule has 1 N–H and O–H groups in total. The van der Waals surface area contributed by atoms with Gasteiger partial charge >= 0.3 is 5.76 Å². The molecule has 3 aromatic rings. The van der Waals surface area contributed by atoms with Gasteiger partial charge in [0.1, 0.15) is 6.54 Å². The Morgan fingerprint density at radius 3 is 2.50 bits per heavy atom. The van der Waals surface area contributed by atoms with E-state index in [2.05, 4.69) is 5.32 Å². The van der Waals surface area contributed by atoms with Crippen LogP contribution in [0.2, 0.25) is 0 Å². The van der Waals surface area contributed by atoms with Gasteiger partial charge < -0.3 is 9.73 Å². The van der Waals surface area contributed by atoms with Crippen LogP contribution in [0.25, 0.3) is 11.1 Å². The number of nitrogens with zero attached hydrogens (tertiary/aromatic N) is 1. The van der Waals surface area contributed by atoms with Gasteiger partial charge in [-0.3, -0.25) is 9.36 Å². The first-order chi connectivity index (χ1) is 11.7. The van der Waals surface area contributed by atoms with Crippen molar-refractivity contribution in [1.29, 1.82) is 0 Å². The van der Waals surface area contributed by atoms with Gasteiger partial charge in [-0.2, -0.15) is 0 Å². The number of hydrogen-bond donors (Lipinski definition) is 1. The number of benzene rings is 2. The minimum atomic E-state index is -0.506. The predicted octanol–water partition coefficient (Wildman–Crippen LogP) is 2.79. The highest BCUT2D eigenvalue weighted by Gasteiger charge is 2.39. The normalized spacial score (nSPS) is 15.8. The maximum absolute atomic E-state index is 12.6. The Kier molecular flexibility index (Phi) is 3.49. The Bertz CT molecular complexity index is 936. The fraction of sp³-hybridized carbons (Fsp3) is 0.263. The lowest BCUT2D eigenvalue weighted by Gasteiger charge is -2.43. The summed E-state index contributed by atoms with van der Waals surface area (Å²) in [5.41, 5.74) is 1.95. The topological polar surface area (TPSA) is 64.2 Å². The summed E-state index contributed by atoms with van der Waals surface area (Å²) in [6.07, 6.45) is 2.93. The standard InChI is InChI=1S/C19H18N2O3/c22-17(13-21-15-9-4-5-10-16(15)24-18(21)23)20-19(11-6-12-19)14-7-2-1-3-8-14/h1-5,7-10H,6,11-13H2,(H,20,22). The van der Waals surface area contributed by atoms with Crippen LogP contribution in [-0.4, -0.2) is 10.5 Å². The van der Waals surface area contributed by atoms with Crippen molar-refractivity contribution < 1.29 is 9.21 Å². The molecule has 0 aliphatic heterocycles. The summed E-state index contributed by atoms with van der Waals surface area (Å²) in [7, 11) is 0. The first-order valence-corrected chi connectivity index (χ1v) is 8.13. The highest BCUT2D eigenvalue weighted by molar-refractivity contribution is 5.80. The van der Waals surface area contributed by atoms with E-state index in [1.807, 2.05) is 36.4 Å². The van der Waals surface area contributed by atoms with Crippen molar-refractivity contribution in [3.8, 4) is 0 Å². The Morgan fingerprint density at radius 1 is 1.08 bits per heavy atom. The van der Waals surface area contributed by atoms with Crippen LogP contribution in [0.15, 0.2) is 63.8 Å². The number of rotatable bonds is 4. The minimum Gasteiger partial charge on any atom is -0.408 e. The van der Waals surface area contributed by atoms with Crippen LogP contribution in [0.5, 0.6) is 0 Å². The van der Waals surface area contributed by atoms with Gasteiger partial charge in [-0.1, -0.05) is 42.5 Å². The third-order valence-electron chi connectivity index (χ3n) is 4.79. The van der Waals surface area contributed by atoms with E-state index in [0.29, 0.717) is 11.1 Å². The van der Waals surface area contributed by atoms with E-state index >= 15 is 0 Å². The lowest BCUT2D eigenvalue weighted by molar-refractivity contribution is -0.125. The van der Waals surface area contributed by atoms with E-state index in [-0.39, 0.29) is 18.0 Å². The van der Waals surface area contributed by atoms with Gasteiger partial charge in [-0.15, -0.1) is 0 Å². The van der Waals surface area contributed by atoms with Gasteiger partial charge in [-0.05, 0) is 37.0 Å². The van der Waals surface area contributed by atoms with Crippen LogP contribution in [0.3, 0.4) is 0 Å². The van der Waals surface area contributed by atoms with Crippen LogP contribution in [0, 0.1) is 0 Å². The molecule has 1 saturated carbocycles. The smallest absolute Gasteiger partial charge is 0.408 e. The number of nitrogens with one attached hydrogen (secondary N) is 1. The molecule has 0 spiro atoms. The highest BCUT2D eigenvalue weighted by Crippen LogP contribution is 2.41. The number of fused-ring (bicyclic) bond motifs is 1. The van der Waals surface area contributed by atoms with Gasteiger partial charge in [-0.25, -0.2) is 4.79 Å². The second-order valence-corrected chi connectivity index (χ2v) is 6.27. The Balaban J connectivity index is 1.58. The zero-order chi connectivity index (χ0) is 16.6. The summed E-state index contributed by atoms with van der Waals surface area (Å²) in [6.45, 7) is -0.0373. The molecule has 5 nitrogen and oxygen atoms in total. The van der Waals surface area contributed by atoms with Gasteiger partial charge in [0.15, 0.2) is 5.58 Å². The van der Waals surface area contributed by atoms with Gasteiger partial charge in [0.2, 0.25) is 5.91 Å². The molecule has 1 aliphatic rings. The van der Waals surface area contributed by atoms with Crippen molar-refractivity contribution in [2.24, 2.45) is 0 Å². The molecule has 4 rings (SSSR count). The molecule has 122 valence electrons. The summed E-state index contributed by atoms with van der Waals surface area (Å²) in [5, 5.41) is 3.14. The summed E-state index contributed by atoms with van der Waals surface area (Å²) in [4.78, 5) is 24.6. The summed E-state index contributed by atoms with van der Waals surface area (Å²) >= 11 is 0. The van der Waals surface area contributed by atoms with Crippen molar-refractivity contribution in [3.05, 3.63) is 70.7 Å². The number of amides is 1. The van der Waals surface area contributed by atoms with Crippen LogP contribution in [0.1, 0.15) is 24.8 Å². The summed E-state index contributed by atoms with van der Waals surface area (Å²) < 4.78 is 6.56. The van der Waals surface area contributed by atoms with Gasteiger partial charge in [0.05, 0.1) is 11.1 Å². The predicted molar refractivity (Wildman–Crippen MR) is 90.6 cm³/mol. The maximum atomic E-state index is 12.6. The average molecular weight is 322 g/mol. The molecule has 2 aromatic carbocycles. The second kappa shape index (κ2) is 5.67. The summed E-state index contributed by atoms with van der Waals surface area (Å²) in [5.74, 6) is -0.680. The monoisotopic (exact) mass is 322 g/mol. The molecule has 0 bridgehead atoms. The Morgan fingerprint density at radius 2 is 1.79 bits per heavy atom. The molecule has 0 saturated heterocycles. The molecule has 1 aromatic heterocycles. The average Bonchev–Trinajstić information content (AvgIpc) is 2.88. The Hall–Kier alpha value is -2.82. The van der Waals surface area contributed by atoms with E-state index in [9.17, 15) is 9.59 Å². The van der Waals surface area contributed by atoms with Crippen molar-refractivity contribution in [3.63, 3.8) is 0 Å². The number of para-hydroxylation sites is 2. The molecule has 1 fully saturated rings. The molecular formula is C19H18N2O3. The molecule has 0 atom stereocenters. The largest absolute Gasteiger partial charge is 0.420 e. The first-order valence-electron chi connectivity index (χ1n) is 8.13. The first kappa shape index (κ1) is 14.8. The van der Waals surface area contributed by atoms with E-state index in [1.54, 1.807) is 18.2 Å². The van der Waals surface area contributed by atoms with Crippen LogP contribution in [0.4, 0.5) is 0 Å². The van der Waals surface area contributed by atoms with E-state index < -0.39 is 5.76 Å². The minimum absolute atomic E-state index is 0.0373. The van der Waals surface area contributed by atoms with E-state index in [1.165, 1.54) is 4.57 Å². The highest BCUT2D eigenvalue weighted by atomic mass is 16.4. The molecule has 1 aliphatic carbocycles. The summed E-state index contributed by atoms with van der Waals surface area (Å²) in [6, 6.07) is 17.1. The van der Waals surface area contributed by atoms with Gasteiger partial charge in [0, 0.05) is 0 Å². The molecular weight excluding hydrogens is 304 g/mol. The fourth-order valence-electron chi connectivity index (χ4n) is 3.39. The number of carbonyl (C=O) groups is 1. The van der Waals surface area contributed by atoms with Crippen LogP contribution < -0.4 is 11.1 Å². The van der Waals surface area contributed by atoms with E-state index in [0.717, 1.165) is 24.8 Å². The number of oxazole rings is 1. The lowest BCUT2D eigenvalue weighted by Crippen LogP contribution is -2.51. The zero-order valence-electron chi connectivity index (χ0n) is 13.2. The molecule has 1 heterocycles. The number of aromatic nitrogens is 1. The van der Waals surface area contributed by atoms with Crippen molar-refractivity contribution in [1.82, 2.24) is 9.88 Å². The zero-order valence-corrected chi connectivity index (χ0v) is 13.2.